The maximum absolute atomic E-state index is 13.4. The molecule has 2 aromatic heterocycles. The molecule has 0 bridgehead atoms. The molecule has 3 aromatic rings. The summed E-state index contributed by atoms with van der Waals surface area (Å²) in [4.78, 5) is 22.5. The molecule has 0 radical (unpaired) electrons. The van der Waals surface area contributed by atoms with Crippen molar-refractivity contribution >= 4 is 27.5 Å². The molecule has 0 spiro atoms. The SMILES string of the molecule is CC(C)Cn1nc(C(=O)N2CCOCC2)c2c1CCC(N(C)Cc1nc3ccccc3s1)C2. The van der Waals surface area contributed by atoms with Crippen molar-refractivity contribution in [2.45, 2.75) is 52.2 Å². The minimum absolute atomic E-state index is 0.0616. The fourth-order valence-electron chi connectivity index (χ4n) is 4.96. The minimum Gasteiger partial charge on any atom is -0.378 e. The summed E-state index contributed by atoms with van der Waals surface area (Å²) in [6, 6.07) is 8.70. The van der Waals surface area contributed by atoms with Crippen molar-refractivity contribution in [3.05, 3.63) is 46.2 Å². The van der Waals surface area contributed by atoms with Crippen molar-refractivity contribution in [1.82, 2.24) is 24.6 Å². The molecule has 1 amide bonds. The molecular formula is C25H33N5O2S. The van der Waals surface area contributed by atoms with Crippen LogP contribution in [0.2, 0.25) is 0 Å². The van der Waals surface area contributed by atoms with Crippen molar-refractivity contribution in [3.63, 3.8) is 0 Å². The largest absolute Gasteiger partial charge is 0.378 e. The number of ether oxygens (including phenoxy) is 1. The average molecular weight is 468 g/mol. The smallest absolute Gasteiger partial charge is 0.274 e. The molecule has 8 heteroatoms. The second-order valence-corrected chi connectivity index (χ2v) is 10.8. The molecule has 0 N–H and O–H groups in total. The van der Waals surface area contributed by atoms with Crippen molar-refractivity contribution in [1.29, 1.82) is 0 Å². The first kappa shape index (κ1) is 22.5. The Morgan fingerprint density at radius 1 is 1.27 bits per heavy atom. The summed E-state index contributed by atoms with van der Waals surface area (Å²) in [7, 11) is 2.18. The summed E-state index contributed by atoms with van der Waals surface area (Å²) in [5.74, 6) is 0.548. The first-order chi connectivity index (χ1) is 16.0. The van der Waals surface area contributed by atoms with Gasteiger partial charge in [-0.1, -0.05) is 26.0 Å². The third kappa shape index (κ3) is 4.69. The highest BCUT2D eigenvalue weighted by Crippen LogP contribution is 2.30. The highest BCUT2D eigenvalue weighted by Gasteiger charge is 2.33. The van der Waals surface area contributed by atoms with Gasteiger partial charge in [-0.3, -0.25) is 14.4 Å². The maximum atomic E-state index is 13.4. The molecule has 1 aliphatic heterocycles. The van der Waals surface area contributed by atoms with Gasteiger partial charge in [0.25, 0.3) is 5.91 Å². The monoisotopic (exact) mass is 467 g/mol. The van der Waals surface area contributed by atoms with Crippen LogP contribution in [0.4, 0.5) is 0 Å². The minimum atomic E-state index is 0.0616. The van der Waals surface area contributed by atoms with Crippen LogP contribution >= 0.6 is 11.3 Å². The molecule has 1 atom stereocenters. The zero-order valence-corrected chi connectivity index (χ0v) is 20.6. The van der Waals surface area contributed by atoms with Gasteiger partial charge in [-0.2, -0.15) is 5.10 Å². The predicted octanol–water partition coefficient (Wildman–Crippen LogP) is 3.61. The van der Waals surface area contributed by atoms with E-state index in [2.05, 4.69) is 48.7 Å². The number of morpholine rings is 1. The third-order valence-electron chi connectivity index (χ3n) is 6.71. The maximum Gasteiger partial charge on any atom is 0.274 e. The normalized spacial score (nSPS) is 18.9. The first-order valence-corrected chi connectivity index (χ1v) is 12.8. The molecule has 5 rings (SSSR count). The number of carbonyl (C=O) groups excluding carboxylic acids is 1. The second kappa shape index (κ2) is 9.52. The van der Waals surface area contributed by atoms with E-state index in [1.54, 1.807) is 11.3 Å². The van der Waals surface area contributed by atoms with Crippen molar-refractivity contribution in [2.24, 2.45) is 5.92 Å². The zero-order valence-electron chi connectivity index (χ0n) is 19.8. The van der Waals surface area contributed by atoms with Gasteiger partial charge in [0.05, 0.1) is 30.0 Å². The Morgan fingerprint density at radius 3 is 2.82 bits per heavy atom. The van der Waals surface area contributed by atoms with E-state index in [-0.39, 0.29) is 5.91 Å². The standard InChI is InChI=1S/C25H33N5O2S/c1-17(2)15-30-21-9-8-18(28(3)16-23-26-20-6-4-5-7-22(20)33-23)14-19(21)24(27-30)25(31)29-10-12-32-13-11-29/h4-7,17-18H,8-16H2,1-3H3. The topological polar surface area (TPSA) is 63.5 Å². The van der Waals surface area contributed by atoms with Crippen LogP contribution in [-0.2, 0) is 30.7 Å². The zero-order chi connectivity index (χ0) is 22.9. The molecule has 33 heavy (non-hydrogen) atoms. The molecule has 176 valence electrons. The van der Waals surface area contributed by atoms with Crippen LogP contribution in [0, 0.1) is 5.92 Å². The average Bonchev–Trinajstić information content (AvgIpc) is 3.39. The van der Waals surface area contributed by atoms with Gasteiger partial charge in [0.15, 0.2) is 5.69 Å². The Kier molecular flexibility index (Phi) is 6.49. The van der Waals surface area contributed by atoms with Crippen LogP contribution in [0.1, 0.15) is 47.0 Å². The Morgan fingerprint density at radius 2 is 2.06 bits per heavy atom. The summed E-state index contributed by atoms with van der Waals surface area (Å²) in [6.45, 7) is 8.58. The van der Waals surface area contributed by atoms with E-state index in [4.69, 9.17) is 14.8 Å². The molecule has 2 aliphatic rings. The fraction of sp³-hybridized carbons (Fsp3) is 0.560. The molecule has 1 saturated heterocycles. The molecule has 1 unspecified atom stereocenters. The van der Waals surface area contributed by atoms with Crippen molar-refractivity contribution < 1.29 is 9.53 Å². The number of likely N-dealkylation sites (N-methyl/N-ethyl adjacent to an activating group) is 1. The van der Waals surface area contributed by atoms with E-state index in [1.807, 2.05) is 11.0 Å². The Bertz CT molecular complexity index is 1100. The summed E-state index contributed by atoms with van der Waals surface area (Å²) in [6.07, 6.45) is 2.89. The van der Waals surface area contributed by atoms with Crippen LogP contribution in [0.15, 0.2) is 24.3 Å². The van der Waals surface area contributed by atoms with E-state index in [9.17, 15) is 4.79 Å². The number of thiazole rings is 1. The molecule has 7 nitrogen and oxygen atoms in total. The van der Waals surface area contributed by atoms with E-state index in [0.717, 1.165) is 48.4 Å². The lowest BCUT2D eigenvalue weighted by molar-refractivity contribution is 0.0297. The first-order valence-electron chi connectivity index (χ1n) is 12.0. The van der Waals surface area contributed by atoms with Crippen LogP contribution in [0.25, 0.3) is 10.2 Å². The van der Waals surface area contributed by atoms with Gasteiger partial charge in [-0.05, 0) is 44.4 Å². The lowest BCUT2D eigenvalue weighted by Crippen LogP contribution is -2.42. The molecule has 3 heterocycles. The summed E-state index contributed by atoms with van der Waals surface area (Å²) >= 11 is 1.77. The van der Waals surface area contributed by atoms with E-state index in [1.165, 1.54) is 10.4 Å². The Hall–Kier alpha value is -2.29. The summed E-state index contributed by atoms with van der Waals surface area (Å²) < 4.78 is 8.80. The van der Waals surface area contributed by atoms with Crippen molar-refractivity contribution in [2.75, 3.05) is 33.4 Å². The summed E-state index contributed by atoms with van der Waals surface area (Å²) in [5, 5.41) is 6.01. The Balaban J connectivity index is 1.37. The van der Waals surface area contributed by atoms with Crippen LogP contribution in [0.3, 0.4) is 0 Å². The number of carbonyl (C=O) groups is 1. The molecule has 0 saturated carbocycles. The van der Waals surface area contributed by atoms with Crippen LogP contribution < -0.4 is 0 Å². The predicted molar refractivity (Wildman–Crippen MR) is 131 cm³/mol. The van der Waals surface area contributed by atoms with E-state index < -0.39 is 0 Å². The Labute approximate surface area is 199 Å². The fourth-order valence-corrected chi connectivity index (χ4v) is 5.99. The highest BCUT2D eigenvalue weighted by molar-refractivity contribution is 7.18. The molecule has 1 aliphatic carbocycles. The number of benzene rings is 1. The number of para-hydroxylation sites is 1. The lowest BCUT2D eigenvalue weighted by atomic mass is 9.90. The van der Waals surface area contributed by atoms with E-state index >= 15 is 0 Å². The van der Waals surface area contributed by atoms with Gasteiger partial charge in [-0.15, -0.1) is 11.3 Å². The van der Waals surface area contributed by atoms with Gasteiger partial charge in [0, 0.05) is 36.9 Å². The summed E-state index contributed by atoms with van der Waals surface area (Å²) in [5.41, 5.74) is 4.14. The molecule has 1 fully saturated rings. The number of hydrogen-bond acceptors (Lipinski definition) is 6. The van der Waals surface area contributed by atoms with Gasteiger partial charge in [0.2, 0.25) is 0 Å². The van der Waals surface area contributed by atoms with E-state index in [0.29, 0.717) is 44.0 Å². The molecular weight excluding hydrogens is 434 g/mol. The van der Waals surface area contributed by atoms with Crippen molar-refractivity contribution in [3.8, 4) is 0 Å². The quantitative estimate of drug-likeness (QED) is 0.554. The van der Waals surface area contributed by atoms with Gasteiger partial charge in [-0.25, -0.2) is 4.98 Å². The number of nitrogens with zero attached hydrogens (tertiary/aromatic N) is 5. The number of fused-ring (bicyclic) bond motifs is 2. The second-order valence-electron chi connectivity index (χ2n) is 9.64. The number of hydrogen-bond donors (Lipinski definition) is 0. The van der Waals surface area contributed by atoms with Crippen LogP contribution in [-0.4, -0.2) is 69.9 Å². The lowest BCUT2D eigenvalue weighted by Gasteiger charge is -2.32. The van der Waals surface area contributed by atoms with Crippen LogP contribution in [0.5, 0.6) is 0 Å². The van der Waals surface area contributed by atoms with Gasteiger partial charge in [0.1, 0.15) is 5.01 Å². The highest BCUT2D eigenvalue weighted by atomic mass is 32.1. The van der Waals surface area contributed by atoms with Gasteiger partial charge >= 0.3 is 0 Å². The number of rotatable bonds is 6. The number of amides is 1. The number of aromatic nitrogens is 3. The molecule has 1 aromatic carbocycles. The van der Waals surface area contributed by atoms with Gasteiger partial charge < -0.3 is 9.64 Å². The third-order valence-corrected chi connectivity index (χ3v) is 7.73.